The first kappa shape index (κ1) is 16.5. The fourth-order valence-corrected chi connectivity index (χ4v) is 2.62. The first-order chi connectivity index (χ1) is 9.16. The van der Waals surface area contributed by atoms with Gasteiger partial charge < -0.3 is 5.11 Å². The van der Waals surface area contributed by atoms with Gasteiger partial charge in [0.1, 0.15) is 0 Å². The molecule has 0 radical (unpaired) electrons. The number of rotatable bonds is 9. The average Bonchev–Trinajstić information content (AvgIpc) is 2.40. The summed E-state index contributed by atoms with van der Waals surface area (Å²) in [4.78, 5) is 0. The molecule has 0 aromatic heterocycles. The van der Waals surface area contributed by atoms with Gasteiger partial charge in [-0.05, 0) is 30.5 Å². The lowest BCUT2D eigenvalue weighted by Gasteiger charge is -2.14. The van der Waals surface area contributed by atoms with Crippen LogP contribution in [-0.2, 0) is 0 Å². The Morgan fingerprint density at radius 3 is 2.37 bits per heavy atom. The molecule has 2 heteroatoms. The van der Waals surface area contributed by atoms with Crippen LogP contribution in [0.5, 0.6) is 0 Å². The highest BCUT2D eigenvalue weighted by molar-refractivity contribution is 6.31. The van der Waals surface area contributed by atoms with E-state index in [0.717, 1.165) is 29.0 Å². The van der Waals surface area contributed by atoms with Crippen molar-refractivity contribution < 1.29 is 5.11 Å². The highest BCUT2D eigenvalue weighted by Gasteiger charge is 2.11. The van der Waals surface area contributed by atoms with Gasteiger partial charge in [0.15, 0.2) is 0 Å². The van der Waals surface area contributed by atoms with E-state index in [1.807, 2.05) is 25.1 Å². The average molecular weight is 283 g/mol. The summed E-state index contributed by atoms with van der Waals surface area (Å²) >= 11 is 6.08. The first-order valence-corrected chi connectivity index (χ1v) is 7.97. The fraction of sp³-hybridized carbons (Fsp3) is 0.647. The van der Waals surface area contributed by atoms with Crippen molar-refractivity contribution in [3.63, 3.8) is 0 Å². The third kappa shape index (κ3) is 5.97. The minimum absolute atomic E-state index is 0.366. The first-order valence-electron chi connectivity index (χ1n) is 7.60. The summed E-state index contributed by atoms with van der Waals surface area (Å²) in [6.07, 6.45) is 9.42. The van der Waals surface area contributed by atoms with Crippen molar-refractivity contribution >= 4 is 11.6 Å². The van der Waals surface area contributed by atoms with Gasteiger partial charge in [0.25, 0.3) is 0 Å². The monoisotopic (exact) mass is 282 g/mol. The summed E-state index contributed by atoms with van der Waals surface area (Å²) in [5.74, 6) is 0. The molecule has 1 aromatic carbocycles. The predicted octanol–water partition coefficient (Wildman–Crippen LogP) is 5.82. The van der Waals surface area contributed by atoms with Crippen LogP contribution in [-0.4, -0.2) is 5.11 Å². The van der Waals surface area contributed by atoms with Crippen molar-refractivity contribution in [1.82, 2.24) is 0 Å². The highest BCUT2D eigenvalue weighted by Crippen LogP contribution is 2.27. The summed E-state index contributed by atoms with van der Waals surface area (Å²) in [5, 5.41) is 11.0. The zero-order valence-corrected chi connectivity index (χ0v) is 13.0. The smallest absolute Gasteiger partial charge is 0.0793 e. The minimum Gasteiger partial charge on any atom is -0.388 e. The normalized spacial score (nSPS) is 12.6. The van der Waals surface area contributed by atoms with E-state index in [1.165, 1.54) is 38.5 Å². The van der Waals surface area contributed by atoms with Crippen LogP contribution in [0, 0.1) is 6.92 Å². The highest BCUT2D eigenvalue weighted by atomic mass is 35.5. The molecule has 108 valence electrons. The van der Waals surface area contributed by atoms with Crippen molar-refractivity contribution in [2.75, 3.05) is 0 Å². The van der Waals surface area contributed by atoms with E-state index in [4.69, 9.17) is 11.6 Å². The van der Waals surface area contributed by atoms with E-state index >= 15 is 0 Å². The molecule has 0 aliphatic carbocycles. The molecule has 1 atom stereocenters. The third-order valence-electron chi connectivity index (χ3n) is 3.75. The number of benzene rings is 1. The van der Waals surface area contributed by atoms with Crippen molar-refractivity contribution in [3.05, 3.63) is 34.3 Å². The van der Waals surface area contributed by atoms with Crippen LogP contribution >= 0.6 is 11.6 Å². The second kappa shape index (κ2) is 9.39. The number of hydrogen-bond donors (Lipinski definition) is 1. The number of aliphatic hydroxyl groups is 1. The molecular formula is C17H27ClO. The Kier molecular flexibility index (Phi) is 8.16. The molecule has 0 fully saturated rings. The molecule has 1 N–H and O–H groups in total. The number of hydrogen-bond acceptors (Lipinski definition) is 1. The summed E-state index contributed by atoms with van der Waals surface area (Å²) in [7, 11) is 0. The number of unbranched alkanes of at least 4 members (excludes halogenated alkanes) is 6. The maximum Gasteiger partial charge on any atom is 0.0793 e. The lowest BCUT2D eigenvalue weighted by Crippen LogP contribution is -2.00. The molecule has 0 amide bonds. The lowest BCUT2D eigenvalue weighted by atomic mass is 9.98. The predicted molar refractivity (Wildman–Crippen MR) is 83.8 cm³/mol. The molecule has 1 unspecified atom stereocenters. The second-order valence-corrected chi connectivity index (χ2v) is 5.79. The van der Waals surface area contributed by atoms with Gasteiger partial charge in [0.05, 0.1) is 6.10 Å². The summed E-state index contributed by atoms with van der Waals surface area (Å²) in [6.45, 7) is 4.22. The van der Waals surface area contributed by atoms with Crippen molar-refractivity contribution in [3.8, 4) is 0 Å². The fourth-order valence-electron chi connectivity index (χ4n) is 2.44. The molecule has 0 heterocycles. The van der Waals surface area contributed by atoms with Gasteiger partial charge in [-0.15, -0.1) is 0 Å². The molecule has 0 saturated heterocycles. The van der Waals surface area contributed by atoms with E-state index in [2.05, 4.69) is 6.92 Å². The van der Waals surface area contributed by atoms with Crippen LogP contribution in [0.4, 0.5) is 0 Å². The van der Waals surface area contributed by atoms with E-state index in [9.17, 15) is 5.11 Å². The van der Waals surface area contributed by atoms with Crippen molar-refractivity contribution in [1.29, 1.82) is 0 Å². The zero-order valence-electron chi connectivity index (χ0n) is 12.3. The second-order valence-electron chi connectivity index (χ2n) is 5.38. The van der Waals surface area contributed by atoms with Crippen LogP contribution in [0.15, 0.2) is 18.2 Å². The van der Waals surface area contributed by atoms with Gasteiger partial charge >= 0.3 is 0 Å². The standard InChI is InChI=1S/C17H27ClO/c1-3-4-5-6-7-8-9-13-17(19)15-11-10-12-16(18)14(15)2/h10-12,17,19H,3-9,13H2,1-2H3. The molecule has 0 aliphatic rings. The van der Waals surface area contributed by atoms with Crippen LogP contribution in [0.25, 0.3) is 0 Å². The molecule has 1 nitrogen and oxygen atoms in total. The third-order valence-corrected chi connectivity index (χ3v) is 4.16. The zero-order chi connectivity index (χ0) is 14.1. The summed E-state index contributed by atoms with van der Waals surface area (Å²) in [5.41, 5.74) is 2.00. The number of halogens is 1. The SMILES string of the molecule is CCCCCCCCCC(O)c1cccc(Cl)c1C. The Morgan fingerprint density at radius 1 is 1.05 bits per heavy atom. The van der Waals surface area contributed by atoms with Gasteiger partial charge in [-0.25, -0.2) is 0 Å². The van der Waals surface area contributed by atoms with Gasteiger partial charge in [-0.2, -0.15) is 0 Å². The van der Waals surface area contributed by atoms with Gasteiger partial charge in [-0.3, -0.25) is 0 Å². The van der Waals surface area contributed by atoms with Crippen molar-refractivity contribution in [2.24, 2.45) is 0 Å². The molecular weight excluding hydrogens is 256 g/mol. The molecule has 1 aromatic rings. The Labute approximate surface area is 123 Å². The van der Waals surface area contributed by atoms with Crippen LogP contribution < -0.4 is 0 Å². The summed E-state index contributed by atoms with van der Waals surface area (Å²) in [6, 6.07) is 5.77. The van der Waals surface area contributed by atoms with E-state index in [-0.39, 0.29) is 6.10 Å². The molecule has 0 spiro atoms. The van der Waals surface area contributed by atoms with E-state index in [1.54, 1.807) is 0 Å². The van der Waals surface area contributed by atoms with Crippen molar-refractivity contribution in [2.45, 2.75) is 71.3 Å². The van der Waals surface area contributed by atoms with Crippen LogP contribution in [0.1, 0.15) is 75.5 Å². The Balaban J connectivity index is 2.24. The topological polar surface area (TPSA) is 20.2 Å². The summed E-state index contributed by atoms with van der Waals surface area (Å²) < 4.78 is 0. The minimum atomic E-state index is -0.366. The largest absolute Gasteiger partial charge is 0.388 e. The lowest BCUT2D eigenvalue weighted by molar-refractivity contribution is 0.162. The molecule has 1 rings (SSSR count). The van der Waals surface area contributed by atoms with Crippen LogP contribution in [0.2, 0.25) is 5.02 Å². The molecule has 0 bridgehead atoms. The molecule has 0 saturated carbocycles. The maximum absolute atomic E-state index is 10.2. The molecule has 0 aliphatic heterocycles. The van der Waals surface area contributed by atoms with E-state index in [0.29, 0.717) is 0 Å². The van der Waals surface area contributed by atoms with Gasteiger partial charge in [0, 0.05) is 5.02 Å². The Bertz CT molecular complexity index is 362. The van der Waals surface area contributed by atoms with Gasteiger partial charge in [0.2, 0.25) is 0 Å². The van der Waals surface area contributed by atoms with E-state index < -0.39 is 0 Å². The van der Waals surface area contributed by atoms with Crippen LogP contribution in [0.3, 0.4) is 0 Å². The quantitative estimate of drug-likeness (QED) is 0.566. The molecule has 19 heavy (non-hydrogen) atoms. The number of aliphatic hydroxyl groups excluding tert-OH is 1. The Morgan fingerprint density at radius 2 is 1.68 bits per heavy atom. The van der Waals surface area contributed by atoms with Gasteiger partial charge in [-0.1, -0.05) is 75.6 Å². The maximum atomic E-state index is 10.2. The Hall–Kier alpha value is -0.530.